The maximum Gasteiger partial charge on any atom is 0.0540 e. The van der Waals surface area contributed by atoms with E-state index < -0.39 is 0 Å². The topological polar surface area (TPSA) is 6.48 Å². The third-order valence-electron chi connectivity index (χ3n) is 15.5. The standard InChI is InChI=1S/C66H50N2/c1-3-23-45(24-4-1)67(59-37-15-21-43-19-7-9-27-47(43)59)61-41-39-55(49-29-11-12-30-50(49)61)63-51-31-13-14-32-53(51)66-58-40-42-62(56-35-17-33-52(64(56)58)54-34-18-36-57(63)65(54)66)68(46-25-5-2-6-26-46)60-38-16-22-44-20-8-10-28-48(44)60/h1-6,11-18,21-26,29-42H,7-10,19-20,27-28H2. The normalized spacial score (nSPS) is 13.7. The van der Waals surface area contributed by atoms with Crippen molar-refractivity contribution < 1.29 is 0 Å². The number of hydrogen-bond donors (Lipinski definition) is 0. The minimum absolute atomic E-state index is 1.11. The summed E-state index contributed by atoms with van der Waals surface area (Å²) in [5.74, 6) is 0. The van der Waals surface area contributed by atoms with E-state index in [4.69, 9.17) is 0 Å². The van der Waals surface area contributed by atoms with Crippen LogP contribution < -0.4 is 9.80 Å². The average Bonchev–Trinajstić information content (AvgIpc) is 3.41. The van der Waals surface area contributed by atoms with Crippen LogP contribution in [-0.4, -0.2) is 0 Å². The minimum atomic E-state index is 1.11. The van der Waals surface area contributed by atoms with Crippen molar-refractivity contribution in [2.45, 2.75) is 51.4 Å². The van der Waals surface area contributed by atoms with Gasteiger partial charge in [0.15, 0.2) is 0 Å². The van der Waals surface area contributed by atoms with Crippen molar-refractivity contribution in [3.63, 3.8) is 0 Å². The monoisotopic (exact) mass is 870 g/mol. The molecule has 0 aliphatic heterocycles. The molecule has 0 aromatic heterocycles. The molecule has 0 N–H and O–H groups in total. The Balaban J connectivity index is 1.03. The fraction of sp³-hybridized carbons (Fsp3) is 0.121. The second kappa shape index (κ2) is 15.9. The van der Waals surface area contributed by atoms with Crippen LogP contribution in [-0.2, 0) is 25.7 Å². The quantitative estimate of drug-likeness (QED) is 0.116. The number of anilines is 6. The summed E-state index contributed by atoms with van der Waals surface area (Å²) < 4.78 is 0. The van der Waals surface area contributed by atoms with Crippen LogP contribution in [0.15, 0.2) is 206 Å². The molecule has 0 heterocycles. The molecule has 0 atom stereocenters. The largest absolute Gasteiger partial charge is 0.310 e. The minimum Gasteiger partial charge on any atom is -0.310 e. The second-order valence-corrected chi connectivity index (χ2v) is 19.1. The maximum atomic E-state index is 2.55. The SMILES string of the molecule is c1ccc(N(c2cccc3c2CCCC3)c2ccc(-c3c4ccccc4c4c5ccc(N(c6ccccc6)c6cccc7c6CCCC7)c6cccc(c7cccc3c74)c65)c3ccccc23)cc1. The molecule has 2 nitrogen and oxygen atoms in total. The van der Waals surface area contributed by atoms with Crippen LogP contribution in [0.1, 0.15) is 47.9 Å². The summed E-state index contributed by atoms with van der Waals surface area (Å²) in [6.07, 6.45) is 9.48. The molecule has 2 heteroatoms. The van der Waals surface area contributed by atoms with Crippen molar-refractivity contribution in [1.29, 1.82) is 0 Å². The highest BCUT2D eigenvalue weighted by atomic mass is 15.2. The fourth-order valence-corrected chi connectivity index (χ4v) is 12.6. The van der Waals surface area contributed by atoms with Gasteiger partial charge < -0.3 is 9.80 Å². The number of fused-ring (bicyclic) bond motifs is 7. The number of hydrogen-bond acceptors (Lipinski definition) is 2. The van der Waals surface area contributed by atoms with E-state index in [0.717, 1.165) is 25.7 Å². The molecule has 12 aromatic carbocycles. The Bertz CT molecular complexity index is 3920. The molecule has 0 spiro atoms. The number of benzene rings is 12. The van der Waals surface area contributed by atoms with Gasteiger partial charge in [-0.3, -0.25) is 0 Å². The Morgan fingerprint density at radius 2 is 0.691 bits per heavy atom. The van der Waals surface area contributed by atoms with Gasteiger partial charge in [0.1, 0.15) is 0 Å². The number of nitrogens with zero attached hydrogens (tertiary/aromatic N) is 2. The lowest BCUT2D eigenvalue weighted by atomic mass is 9.82. The second-order valence-electron chi connectivity index (χ2n) is 19.1. The number of rotatable bonds is 7. The molecule has 0 fully saturated rings. The Morgan fingerprint density at radius 3 is 1.34 bits per heavy atom. The molecular formula is C66H50N2. The zero-order valence-electron chi connectivity index (χ0n) is 38.2. The summed E-state index contributed by atoms with van der Waals surface area (Å²) in [5, 5.41) is 15.5. The molecule has 0 bridgehead atoms. The Hall–Kier alpha value is -7.94. The summed E-state index contributed by atoms with van der Waals surface area (Å²) in [5.41, 5.74) is 15.9. The number of aryl methyl sites for hydroxylation is 2. The van der Waals surface area contributed by atoms with Gasteiger partial charge in [-0.2, -0.15) is 0 Å². The summed E-state index contributed by atoms with van der Waals surface area (Å²) in [6, 6.07) is 78.0. The molecular weight excluding hydrogens is 821 g/mol. The van der Waals surface area contributed by atoms with E-state index in [2.05, 4.69) is 216 Å². The van der Waals surface area contributed by atoms with E-state index in [1.165, 1.54) is 158 Å². The van der Waals surface area contributed by atoms with Crippen LogP contribution in [0.5, 0.6) is 0 Å². The van der Waals surface area contributed by atoms with Gasteiger partial charge in [0, 0.05) is 33.5 Å². The lowest BCUT2D eigenvalue weighted by Crippen LogP contribution is -2.15. The molecule has 14 rings (SSSR count). The van der Waals surface area contributed by atoms with Crippen LogP contribution in [0.3, 0.4) is 0 Å². The van der Waals surface area contributed by atoms with Gasteiger partial charge in [-0.25, -0.2) is 0 Å². The van der Waals surface area contributed by atoms with Crippen molar-refractivity contribution in [2.24, 2.45) is 0 Å². The van der Waals surface area contributed by atoms with Crippen molar-refractivity contribution >= 4 is 98.8 Å². The highest BCUT2D eigenvalue weighted by Gasteiger charge is 2.27. The third-order valence-corrected chi connectivity index (χ3v) is 15.5. The van der Waals surface area contributed by atoms with E-state index >= 15 is 0 Å². The van der Waals surface area contributed by atoms with Gasteiger partial charge in [0.05, 0.1) is 11.4 Å². The van der Waals surface area contributed by atoms with Crippen molar-refractivity contribution in [1.82, 2.24) is 0 Å². The first-order valence-corrected chi connectivity index (χ1v) is 24.8. The van der Waals surface area contributed by atoms with Gasteiger partial charge in [-0.05, 0) is 187 Å². The summed E-state index contributed by atoms with van der Waals surface area (Å²) in [7, 11) is 0. The van der Waals surface area contributed by atoms with Gasteiger partial charge in [0.25, 0.3) is 0 Å². The van der Waals surface area contributed by atoms with Crippen LogP contribution in [0.2, 0.25) is 0 Å². The number of para-hydroxylation sites is 2. The zero-order chi connectivity index (χ0) is 44.7. The molecule has 0 amide bonds. The Labute approximate surface area is 397 Å². The van der Waals surface area contributed by atoms with Gasteiger partial charge in [-0.15, -0.1) is 0 Å². The van der Waals surface area contributed by atoms with E-state index in [1.807, 2.05) is 0 Å². The van der Waals surface area contributed by atoms with Gasteiger partial charge in [-0.1, -0.05) is 158 Å². The molecule has 0 radical (unpaired) electrons. The maximum absolute atomic E-state index is 2.55. The van der Waals surface area contributed by atoms with Gasteiger partial charge >= 0.3 is 0 Å². The van der Waals surface area contributed by atoms with Gasteiger partial charge in [0.2, 0.25) is 0 Å². The lowest BCUT2D eigenvalue weighted by Gasteiger charge is -2.32. The molecule has 68 heavy (non-hydrogen) atoms. The van der Waals surface area contributed by atoms with Crippen molar-refractivity contribution in [3.05, 3.63) is 229 Å². The zero-order valence-corrected chi connectivity index (χ0v) is 38.2. The Morgan fingerprint density at radius 1 is 0.250 bits per heavy atom. The predicted octanol–water partition coefficient (Wildman–Crippen LogP) is 18.4. The van der Waals surface area contributed by atoms with Crippen LogP contribution in [0.4, 0.5) is 34.1 Å². The highest BCUT2D eigenvalue weighted by molar-refractivity contribution is 6.41. The third kappa shape index (κ3) is 5.96. The molecule has 12 aromatic rings. The Kier molecular flexibility index (Phi) is 9.15. The van der Waals surface area contributed by atoms with Crippen LogP contribution in [0.25, 0.3) is 75.8 Å². The first-order chi connectivity index (χ1) is 33.8. The summed E-state index contributed by atoms with van der Waals surface area (Å²) in [4.78, 5) is 5.08. The first kappa shape index (κ1) is 39.2. The van der Waals surface area contributed by atoms with E-state index in [0.29, 0.717) is 0 Å². The van der Waals surface area contributed by atoms with Crippen molar-refractivity contribution in [2.75, 3.05) is 9.80 Å². The average molecular weight is 871 g/mol. The fourth-order valence-electron chi connectivity index (χ4n) is 12.6. The predicted molar refractivity (Wildman–Crippen MR) is 291 cm³/mol. The summed E-state index contributed by atoms with van der Waals surface area (Å²) >= 11 is 0. The van der Waals surface area contributed by atoms with Crippen LogP contribution in [0, 0.1) is 0 Å². The smallest absolute Gasteiger partial charge is 0.0540 e. The lowest BCUT2D eigenvalue weighted by molar-refractivity contribution is 0.686. The van der Waals surface area contributed by atoms with E-state index in [9.17, 15) is 0 Å². The molecule has 2 aliphatic rings. The molecule has 324 valence electrons. The molecule has 2 aliphatic carbocycles. The van der Waals surface area contributed by atoms with Crippen molar-refractivity contribution in [3.8, 4) is 11.1 Å². The molecule has 0 saturated carbocycles. The van der Waals surface area contributed by atoms with E-state index in [-0.39, 0.29) is 0 Å². The first-order valence-electron chi connectivity index (χ1n) is 24.8. The summed E-state index contributed by atoms with van der Waals surface area (Å²) in [6.45, 7) is 0. The molecule has 0 unspecified atom stereocenters. The van der Waals surface area contributed by atoms with Crippen LogP contribution >= 0.6 is 0 Å². The molecule has 0 saturated heterocycles. The highest BCUT2D eigenvalue weighted by Crippen LogP contribution is 2.53. The van der Waals surface area contributed by atoms with E-state index in [1.54, 1.807) is 0 Å².